The predicted molar refractivity (Wildman–Crippen MR) is 73.9 cm³/mol. The highest BCUT2D eigenvalue weighted by molar-refractivity contribution is 5.92. The number of hydrogen-bond donors (Lipinski definition) is 1. The van der Waals surface area contributed by atoms with E-state index >= 15 is 0 Å². The summed E-state index contributed by atoms with van der Waals surface area (Å²) in [6.07, 6.45) is 2.78. The number of methoxy groups -OCH3 is 2. The number of aliphatic hydroxyl groups excluding tert-OH is 1. The fraction of sp³-hybridized carbons (Fsp3) is 0.562. The van der Waals surface area contributed by atoms with E-state index in [1.165, 1.54) is 7.11 Å². The van der Waals surface area contributed by atoms with E-state index in [9.17, 15) is 9.90 Å². The molecule has 2 fully saturated rings. The summed E-state index contributed by atoms with van der Waals surface area (Å²) in [5.74, 6) is 1.84. The first kappa shape index (κ1) is 13.4. The van der Waals surface area contributed by atoms with Crippen LogP contribution in [0, 0.1) is 11.8 Å². The van der Waals surface area contributed by atoms with Crippen molar-refractivity contribution in [3.63, 3.8) is 0 Å². The minimum atomic E-state index is -0.369. The number of esters is 1. The van der Waals surface area contributed by atoms with Crippen LogP contribution in [0.3, 0.4) is 0 Å². The van der Waals surface area contributed by atoms with Gasteiger partial charge in [0, 0.05) is 0 Å². The largest absolute Gasteiger partial charge is 0.496 e. The molecule has 4 nitrogen and oxygen atoms in total. The monoisotopic (exact) mass is 276 g/mol. The molecule has 3 rings (SSSR count). The van der Waals surface area contributed by atoms with Gasteiger partial charge in [0.25, 0.3) is 0 Å². The maximum Gasteiger partial charge on any atom is 0.341 e. The van der Waals surface area contributed by atoms with Gasteiger partial charge in [0.2, 0.25) is 0 Å². The van der Waals surface area contributed by atoms with Crippen molar-refractivity contribution in [3.8, 4) is 5.75 Å². The van der Waals surface area contributed by atoms with Gasteiger partial charge in [-0.15, -0.1) is 0 Å². The summed E-state index contributed by atoms with van der Waals surface area (Å²) in [5.41, 5.74) is 1.64. The van der Waals surface area contributed by atoms with Gasteiger partial charge in [0.05, 0.1) is 20.3 Å². The van der Waals surface area contributed by atoms with Gasteiger partial charge in [-0.2, -0.15) is 0 Å². The molecular formula is C16H20O4. The van der Waals surface area contributed by atoms with Crippen LogP contribution >= 0.6 is 0 Å². The van der Waals surface area contributed by atoms with Crippen molar-refractivity contribution in [1.82, 2.24) is 0 Å². The van der Waals surface area contributed by atoms with E-state index in [1.54, 1.807) is 7.11 Å². The number of hydrogen-bond acceptors (Lipinski definition) is 4. The lowest BCUT2D eigenvalue weighted by atomic mass is 9.64. The van der Waals surface area contributed by atoms with Gasteiger partial charge in [-0.3, -0.25) is 0 Å². The zero-order valence-corrected chi connectivity index (χ0v) is 11.8. The molecule has 1 aromatic rings. The Kier molecular flexibility index (Phi) is 3.42. The molecule has 108 valence electrons. The van der Waals surface area contributed by atoms with Crippen molar-refractivity contribution >= 4 is 5.97 Å². The van der Waals surface area contributed by atoms with Crippen LogP contribution < -0.4 is 4.74 Å². The molecule has 0 spiro atoms. The van der Waals surface area contributed by atoms with Crippen LogP contribution in [0.4, 0.5) is 0 Å². The van der Waals surface area contributed by atoms with Gasteiger partial charge < -0.3 is 14.6 Å². The number of carbonyl (C=O) groups is 1. The number of benzene rings is 1. The molecule has 2 aliphatic rings. The smallest absolute Gasteiger partial charge is 0.341 e. The highest BCUT2D eigenvalue weighted by Gasteiger charge is 2.47. The van der Waals surface area contributed by atoms with Crippen LogP contribution in [0.5, 0.6) is 5.75 Å². The summed E-state index contributed by atoms with van der Waals surface area (Å²) in [6.45, 7) is 0. The maximum atomic E-state index is 11.8. The Morgan fingerprint density at radius 1 is 1.25 bits per heavy atom. The number of fused-ring (bicyclic) bond motifs is 1. The first-order valence-electron chi connectivity index (χ1n) is 7.08. The molecule has 0 aromatic heterocycles. The van der Waals surface area contributed by atoms with Crippen LogP contribution in [0.15, 0.2) is 18.2 Å². The van der Waals surface area contributed by atoms with Crippen LogP contribution in [0.1, 0.15) is 41.1 Å². The second kappa shape index (κ2) is 5.09. The molecule has 0 saturated heterocycles. The minimum absolute atomic E-state index is 0.145. The Bertz CT molecular complexity index is 525. The average Bonchev–Trinajstić information content (AvgIpc) is 2.74. The third-order valence-corrected chi connectivity index (χ3v) is 4.86. The van der Waals surface area contributed by atoms with Gasteiger partial charge in [-0.25, -0.2) is 4.79 Å². The summed E-state index contributed by atoms with van der Waals surface area (Å²) in [5, 5.41) is 9.74. The standard InChI is InChI=1S/C16H20O4/c1-19-15-4-3-9(6-14(15)16(18)20-2)12-7-10-5-11(17)8-13(10)12/h3-4,6,10-13,17H,5,7-8H2,1-2H3. The van der Waals surface area contributed by atoms with Gasteiger partial charge in [0.1, 0.15) is 11.3 Å². The molecule has 1 N–H and O–H groups in total. The summed E-state index contributed by atoms with van der Waals surface area (Å²) in [4.78, 5) is 11.8. The summed E-state index contributed by atoms with van der Waals surface area (Å²) in [7, 11) is 2.93. The van der Waals surface area contributed by atoms with Crippen LogP contribution in [0.25, 0.3) is 0 Å². The molecule has 0 bridgehead atoms. The van der Waals surface area contributed by atoms with Gasteiger partial charge in [-0.05, 0) is 54.7 Å². The summed E-state index contributed by atoms with van der Waals surface area (Å²) < 4.78 is 10.0. The Morgan fingerprint density at radius 3 is 2.70 bits per heavy atom. The molecule has 2 aliphatic carbocycles. The molecule has 0 aliphatic heterocycles. The first-order valence-corrected chi connectivity index (χ1v) is 7.08. The SMILES string of the molecule is COC(=O)c1cc(C2CC3CC(O)CC32)ccc1OC. The van der Waals surface area contributed by atoms with Crippen LogP contribution in [-0.4, -0.2) is 31.4 Å². The zero-order chi connectivity index (χ0) is 14.3. The second-order valence-electron chi connectivity index (χ2n) is 5.84. The Balaban J connectivity index is 1.86. The third-order valence-electron chi connectivity index (χ3n) is 4.86. The first-order chi connectivity index (χ1) is 9.63. The van der Waals surface area contributed by atoms with Crippen molar-refractivity contribution < 1.29 is 19.4 Å². The number of carbonyl (C=O) groups excluding carboxylic acids is 1. The molecule has 2 saturated carbocycles. The normalized spacial score (nSPS) is 31.4. The summed E-state index contributed by atoms with van der Waals surface area (Å²) in [6, 6.07) is 5.74. The molecule has 1 aromatic carbocycles. The van der Waals surface area contributed by atoms with E-state index < -0.39 is 0 Å². The fourth-order valence-electron chi connectivity index (χ4n) is 3.81. The molecule has 4 atom stereocenters. The van der Waals surface area contributed by atoms with Crippen molar-refractivity contribution in [2.24, 2.45) is 11.8 Å². The van der Waals surface area contributed by atoms with Gasteiger partial charge in [-0.1, -0.05) is 6.07 Å². The maximum absolute atomic E-state index is 11.8. The molecular weight excluding hydrogens is 256 g/mol. The summed E-state index contributed by atoms with van der Waals surface area (Å²) >= 11 is 0. The van der Waals surface area contributed by atoms with Crippen molar-refractivity contribution in [2.45, 2.75) is 31.3 Å². The topological polar surface area (TPSA) is 55.8 Å². The number of ether oxygens (including phenoxy) is 2. The van der Waals surface area contributed by atoms with Crippen LogP contribution in [0.2, 0.25) is 0 Å². The molecule has 0 amide bonds. The van der Waals surface area contributed by atoms with E-state index in [2.05, 4.69) is 0 Å². The minimum Gasteiger partial charge on any atom is -0.496 e. The Hall–Kier alpha value is -1.55. The lowest BCUT2D eigenvalue weighted by Gasteiger charge is -2.40. The van der Waals surface area contributed by atoms with Gasteiger partial charge in [0.15, 0.2) is 0 Å². The van der Waals surface area contributed by atoms with Crippen molar-refractivity contribution in [2.75, 3.05) is 14.2 Å². The van der Waals surface area contributed by atoms with E-state index in [1.807, 2.05) is 18.2 Å². The van der Waals surface area contributed by atoms with E-state index in [4.69, 9.17) is 9.47 Å². The van der Waals surface area contributed by atoms with Gasteiger partial charge >= 0.3 is 5.97 Å². The highest BCUT2D eigenvalue weighted by atomic mass is 16.5. The fourth-order valence-corrected chi connectivity index (χ4v) is 3.81. The lowest BCUT2D eigenvalue weighted by molar-refractivity contribution is 0.0596. The van der Waals surface area contributed by atoms with Crippen LogP contribution in [-0.2, 0) is 4.74 Å². The second-order valence-corrected chi connectivity index (χ2v) is 5.84. The highest BCUT2D eigenvalue weighted by Crippen LogP contribution is 2.56. The lowest BCUT2D eigenvalue weighted by Crippen LogP contribution is -2.30. The van der Waals surface area contributed by atoms with E-state index in [-0.39, 0.29) is 12.1 Å². The molecule has 0 radical (unpaired) electrons. The Labute approximate surface area is 118 Å². The number of aliphatic hydroxyl groups is 1. The van der Waals surface area contributed by atoms with E-state index in [0.717, 1.165) is 24.8 Å². The van der Waals surface area contributed by atoms with Crippen molar-refractivity contribution in [1.29, 1.82) is 0 Å². The molecule has 0 heterocycles. The quantitative estimate of drug-likeness (QED) is 0.861. The van der Waals surface area contributed by atoms with Crippen molar-refractivity contribution in [3.05, 3.63) is 29.3 Å². The number of rotatable bonds is 3. The average molecular weight is 276 g/mol. The third kappa shape index (κ3) is 2.08. The Morgan fingerprint density at radius 2 is 2.05 bits per heavy atom. The van der Waals surface area contributed by atoms with E-state index in [0.29, 0.717) is 29.1 Å². The molecule has 4 heteroatoms. The molecule has 4 unspecified atom stereocenters. The zero-order valence-electron chi connectivity index (χ0n) is 11.8. The molecule has 20 heavy (non-hydrogen) atoms. The predicted octanol–water partition coefficient (Wildman–Crippen LogP) is 2.36.